The van der Waals surface area contributed by atoms with E-state index in [2.05, 4.69) is 26.2 Å². The Morgan fingerprint density at radius 1 is 1.27 bits per heavy atom. The molecule has 3 aromatic rings. The number of ether oxygens (including phenoxy) is 1. The average molecular weight is 429 g/mol. The minimum atomic E-state index is -0.193. The van der Waals surface area contributed by atoms with Crippen LogP contribution in [0, 0.1) is 6.92 Å². The van der Waals surface area contributed by atoms with E-state index in [0.717, 1.165) is 32.2 Å². The molecule has 0 saturated carbocycles. The Kier molecular flexibility index (Phi) is 6.20. The van der Waals surface area contributed by atoms with Gasteiger partial charge in [0, 0.05) is 15.9 Å². The smallest absolute Gasteiger partial charge is 0.248 e. The summed E-state index contributed by atoms with van der Waals surface area (Å²) >= 11 is 5.01. The lowest BCUT2D eigenvalue weighted by atomic mass is 10.2. The quantitative estimate of drug-likeness (QED) is 0.531. The third kappa shape index (κ3) is 5.28. The van der Waals surface area contributed by atoms with Crippen molar-refractivity contribution in [3.63, 3.8) is 0 Å². The molecule has 6 heteroatoms. The summed E-state index contributed by atoms with van der Waals surface area (Å²) in [5.41, 5.74) is 2.54. The summed E-state index contributed by atoms with van der Waals surface area (Å²) in [7, 11) is 0. The van der Waals surface area contributed by atoms with E-state index in [1.165, 1.54) is 6.08 Å². The largest absolute Gasteiger partial charge is 0.487 e. The SMILES string of the molecule is Cc1nc(COc2cccc(/C=C/C(=O)Nc3ccccc3Br)c2)cs1. The molecule has 0 radical (unpaired) electrons. The van der Waals surface area contributed by atoms with E-state index in [4.69, 9.17) is 4.74 Å². The van der Waals surface area contributed by atoms with Crippen molar-refractivity contribution in [2.24, 2.45) is 0 Å². The number of hydrogen-bond acceptors (Lipinski definition) is 4. The summed E-state index contributed by atoms with van der Waals surface area (Å²) in [4.78, 5) is 16.5. The van der Waals surface area contributed by atoms with Gasteiger partial charge in [0.1, 0.15) is 12.4 Å². The Labute approximate surface area is 164 Å². The number of hydrogen-bond donors (Lipinski definition) is 1. The van der Waals surface area contributed by atoms with Crippen molar-refractivity contribution >= 4 is 44.9 Å². The van der Waals surface area contributed by atoms with E-state index in [1.807, 2.05) is 60.8 Å². The van der Waals surface area contributed by atoms with Crippen molar-refractivity contribution in [2.45, 2.75) is 13.5 Å². The zero-order valence-electron chi connectivity index (χ0n) is 14.1. The molecule has 1 heterocycles. The predicted molar refractivity (Wildman–Crippen MR) is 109 cm³/mol. The van der Waals surface area contributed by atoms with Gasteiger partial charge in [0.25, 0.3) is 0 Å². The zero-order valence-corrected chi connectivity index (χ0v) is 16.5. The fraction of sp³-hybridized carbons (Fsp3) is 0.100. The molecule has 0 aliphatic carbocycles. The lowest BCUT2D eigenvalue weighted by molar-refractivity contribution is -0.111. The lowest BCUT2D eigenvalue weighted by Gasteiger charge is -2.05. The Morgan fingerprint density at radius 3 is 2.88 bits per heavy atom. The number of carbonyl (C=O) groups is 1. The van der Waals surface area contributed by atoms with Gasteiger partial charge in [-0.15, -0.1) is 11.3 Å². The van der Waals surface area contributed by atoms with E-state index >= 15 is 0 Å². The third-order valence-corrected chi connectivity index (χ3v) is 4.98. The molecular weight excluding hydrogens is 412 g/mol. The summed E-state index contributed by atoms with van der Waals surface area (Å²) in [6.07, 6.45) is 3.26. The van der Waals surface area contributed by atoms with Gasteiger partial charge in [0.15, 0.2) is 0 Å². The van der Waals surface area contributed by atoms with Crippen LogP contribution in [0.1, 0.15) is 16.3 Å². The number of nitrogens with one attached hydrogen (secondary N) is 1. The number of carbonyl (C=O) groups excluding carboxylic acids is 1. The standard InChI is InChI=1S/C20H17BrN2O2S/c1-14-22-16(13-26-14)12-25-17-6-4-5-15(11-17)9-10-20(24)23-19-8-3-2-7-18(19)21/h2-11,13H,12H2,1H3,(H,23,24)/b10-9+. The molecular formula is C20H17BrN2O2S. The van der Waals surface area contributed by atoms with Crippen LogP contribution in [0.15, 0.2) is 64.5 Å². The molecule has 26 heavy (non-hydrogen) atoms. The van der Waals surface area contributed by atoms with Crippen LogP contribution in [-0.4, -0.2) is 10.9 Å². The van der Waals surface area contributed by atoms with Crippen molar-refractivity contribution in [3.8, 4) is 5.75 Å². The number of thiazole rings is 1. The fourth-order valence-corrected chi connectivity index (χ4v) is 3.23. The Balaban J connectivity index is 1.59. The molecule has 0 fully saturated rings. The molecule has 1 amide bonds. The topological polar surface area (TPSA) is 51.2 Å². The van der Waals surface area contributed by atoms with Gasteiger partial charge >= 0.3 is 0 Å². The Hall–Kier alpha value is -2.44. The first-order valence-corrected chi connectivity index (χ1v) is 9.65. The predicted octanol–water partition coefficient (Wildman–Crippen LogP) is 5.44. The van der Waals surface area contributed by atoms with E-state index in [1.54, 1.807) is 17.4 Å². The normalized spacial score (nSPS) is 10.8. The molecule has 0 atom stereocenters. The molecule has 0 unspecified atom stereocenters. The molecule has 0 saturated heterocycles. The molecule has 0 spiro atoms. The summed E-state index contributed by atoms with van der Waals surface area (Å²) in [5, 5.41) is 5.85. The van der Waals surface area contributed by atoms with Crippen molar-refractivity contribution in [3.05, 3.63) is 80.7 Å². The highest BCUT2D eigenvalue weighted by Crippen LogP contribution is 2.21. The van der Waals surface area contributed by atoms with Gasteiger partial charge in [-0.2, -0.15) is 0 Å². The maximum Gasteiger partial charge on any atom is 0.248 e. The van der Waals surface area contributed by atoms with Gasteiger partial charge in [-0.05, 0) is 58.8 Å². The van der Waals surface area contributed by atoms with Crippen molar-refractivity contribution in [2.75, 3.05) is 5.32 Å². The van der Waals surface area contributed by atoms with Crippen LogP contribution in [0.2, 0.25) is 0 Å². The van der Waals surface area contributed by atoms with Crippen molar-refractivity contribution in [1.82, 2.24) is 4.98 Å². The number of amides is 1. The molecule has 0 aliphatic heterocycles. The first-order valence-electron chi connectivity index (χ1n) is 7.97. The first kappa shape index (κ1) is 18.4. The van der Waals surface area contributed by atoms with E-state index in [-0.39, 0.29) is 5.91 Å². The maximum absolute atomic E-state index is 12.1. The molecule has 4 nitrogen and oxygen atoms in total. The van der Waals surface area contributed by atoms with Crippen LogP contribution in [0.3, 0.4) is 0 Å². The molecule has 0 aliphatic rings. The van der Waals surface area contributed by atoms with E-state index in [0.29, 0.717) is 6.61 Å². The summed E-state index contributed by atoms with van der Waals surface area (Å²) < 4.78 is 6.61. The summed E-state index contributed by atoms with van der Waals surface area (Å²) in [6.45, 7) is 2.40. The number of nitrogens with zero attached hydrogens (tertiary/aromatic N) is 1. The minimum Gasteiger partial charge on any atom is -0.487 e. The number of para-hydroxylation sites is 1. The second-order valence-electron chi connectivity index (χ2n) is 5.52. The molecule has 2 aromatic carbocycles. The molecule has 3 rings (SSSR count). The highest BCUT2D eigenvalue weighted by atomic mass is 79.9. The van der Waals surface area contributed by atoms with Crippen LogP contribution in [0.25, 0.3) is 6.08 Å². The van der Waals surface area contributed by atoms with Crippen LogP contribution in [0.5, 0.6) is 5.75 Å². The van der Waals surface area contributed by atoms with Gasteiger partial charge in [-0.1, -0.05) is 24.3 Å². The minimum absolute atomic E-state index is 0.193. The van der Waals surface area contributed by atoms with Gasteiger partial charge in [0.2, 0.25) is 5.91 Å². The van der Waals surface area contributed by atoms with Gasteiger partial charge in [-0.25, -0.2) is 4.98 Å². The van der Waals surface area contributed by atoms with Crippen molar-refractivity contribution in [1.29, 1.82) is 0 Å². The molecule has 132 valence electrons. The molecule has 1 aromatic heterocycles. The Morgan fingerprint density at radius 2 is 2.12 bits per heavy atom. The van der Waals surface area contributed by atoms with Gasteiger partial charge in [-0.3, -0.25) is 4.79 Å². The van der Waals surface area contributed by atoms with E-state index in [9.17, 15) is 4.79 Å². The molecule has 1 N–H and O–H groups in total. The van der Waals surface area contributed by atoms with Gasteiger partial charge < -0.3 is 10.1 Å². The van der Waals surface area contributed by atoms with Gasteiger partial charge in [0.05, 0.1) is 16.4 Å². The number of rotatable bonds is 6. The zero-order chi connectivity index (χ0) is 18.4. The monoisotopic (exact) mass is 428 g/mol. The number of aryl methyl sites for hydroxylation is 1. The highest BCUT2D eigenvalue weighted by Gasteiger charge is 2.03. The number of benzene rings is 2. The Bertz CT molecular complexity index is 937. The van der Waals surface area contributed by atoms with E-state index < -0.39 is 0 Å². The average Bonchev–Trinajstić information content (AvgIpc) is 3.06. The number of halogens is 1. The number of anilines is 1. The fourth-order valence-electron chi connectivity index (χ4n) is 2.25. The second-order valence-corrected chi connectivity index (χ2v) is 7.44. The maximum atomic E-state index is 12.1. The van der Waals surface area contributed by atoms with Crippen LogP contribution in [-0.2, 0) is 11.4 Å². The van der Waals surface area contributed by atoms with Crippen LogP contribution < -0.4 is 10.1 Å². The summed E-state index contributed by atoms with van der Waals surface area (Å²) in [6, 6.07) is 15.1. The van der Waals surface area contributed by atoms with Crippen molar-refractivity contribution < 1.29 is 9.53 Å². The number of aromatic nitrogens is 1. The molecule has 0 bridgehead atoms. The second kappa shape index (κ2) is 8.78. The van der Waals surface area contributed by atoms with Crippen LogP contribution in [0.4, 0.5) is 5.69 Å². The lowest BCUT2D eigenvalue weighted by Crippen LogP contribution is -2.08. The van der Waals surface area contributed by atoms with Crippen LogP contribution >= 0.6 is 27.3 Å². The summed E-state index contributed by atoms with van der Waals surface area (Å²) in [5.74, 6) is 0.546. The highest BCUT2D eigenvalue weighted by molar-refractivity contribution is 9.10. The first-order chi connectivity index (χ1) is 12.6. The third-order valence-electron chi connectivity index (χ3n) is 3.47.